The Morgan fingerprint density at radius 1 is 1.31 bits per heavy atom. The first kappa shape index (κ1) is 11.3. The third-order valence-corrected chi connectivity index (χ3v) is 2.89. The Morgan fingerprint density at radius 2 is 2.00 bits per heavy atom. The lowest BCUT2D eigenvalue weighted by Gasteiger charge is -2.12. The number of fused-ring (bicyclic) bond motifs is 1. The Labute approximate surface area is 101 Å². The molecule has 0 aromatic heterocycles. The van der Waals surface area contributed by atoms with Crippen molar-refractivity contribution in [1.82, 2.24) is 0 Å². The Morgan fingerprint density at radius 3 is 2.69 bits per heavy atom. The lowest BCUT2D eigenvalue weighted by atomic mass is 10.1. The molecular weight excluding hydrogens is 276 g/mol. The number of hydrogen-bond donors (Lipinski definition) is 1. The average molecular weight is 287 g/mol. The number of hydrogen-bond acceptors (Lipinski definition) is 3. The van der Waals surface area contributed by atoms with Crippen LogP contribution in [0.2, 0.25) is 0 Å². The second-order valence-corrected chi connectivity index (χ2v) is 4.34. The van der Waals surface area contributed by atoms with Gasteiger partial charge in [0.15, 0.2) is 11.5 Å². The maximum Gasteiger partial charge on any atom is 0.307 e. The Balaban J connectivity index is 2.43. The van der Waals surface area contributed by atoms with Gasteiger partial charge in [0, 0.05) is 12.0 Å². The van der Waals surface area contributed by atoms with Gasteiger partial charge >= 0.3 is 5.97 Å². The molecule has 0 bridgehead atoms. The van der Waals surface area contributed by atoms with E-state index in [1.54, 1.807) is 12.1 Å². The standard InChI is InChI=1S/C11H11BrO4/c12-8-3-2-7(6-9(13)14)10-11(8)16-5-1-4-15-10/h2-3H,1,4-6H2,(H,13,14). The maximum atomic E-state index is 10.7. The molecule has 0 saturated heterocycles. The molecule has 4 nitrogen and oxygen atoms in total. The first-order chi connectivity index (χ1) is 7.68. The average Bonchev–Trinajstić information content (AvgIpc) is 2.47. The van der Waals surface area contributed by atoms with Gasteiger partial charge in [-0.1, -0.05) is 6.07 Å². The van der Waals surface area contributed by atoms with E-state index < -0.39 is 5.97 Å². The molecule has 5 heteroatoms. The summed E-state index contributed by atoms with van der Waals surface area (Å²) < 4.78 is 11.9. The van der Waals surface area contributed by atoms with Gasteiger partial charge in [-0.2, -0.15) is 0 Å². The first-order valence-electron chi connectivity index (χ1n) is 4.97. The van der Waals surface area contributed by atoms with Crippen molar-refractivity contribution in [3.8, 4) is 11.5 Å². The zero-order valence-corrected chi connectivity index (χ0v) is 10.1. The zero-order chi connectivity index (χ0) is 11.5. The summed E-state index contributed by atoms with van der Waals surface area (Å²) in [5.74, 6) is 0.280. The quantitative estimate of drug-likeness (QED) is 0.906. The molecule has 0 radical (unpaired) electrons. The van der Waals surface area contributed by atoms with E-state index in [2.05, 4.69) is 15.9 Å². The number of rotatable bonds is 2. The highest BCUT2D eigenvalue weighted by Gasteiger charge is 2.19. The summed E-state index contributed by atoms with van der Waals surface area (Å²) in [5.41, 5.74) is 0.646. The highest BCUT2D eigenvalue weighted by molar-refractivity contribution is 9.10. The molecule has 1 aromatic carbocycles. The summed E-state index contributed by atoms with van der Waals surface area (Å²) in [5, 5.41) is 8.80. The summed E-state index contributed by atoms with van der Waals surface area (Å²) >= 11 is 3.36. The minimum atomic E-state index is -0.877. The second-order valence-electron chi connectivity index (χ2n) is 3.49. The molecule has 1 aromatic rings. The van der Waals surface area contributed by atoms with Gasteiger partial charge in [-0.05, 0) is 22.0 Å². The monoisotopic (exact) mass is 286 g/mol. The summed E-state index contributed by atoms with van der Waals surface area (Å²) in [6, 6.07) is 3.53. The van der Waals surface area contributed by atoms with E-state index >= 15 is 0 Å². The van der Waals surface area contributed by atoms with Gasteiger partial charge in [-0.15, -0.1) is 0 Å². The van der Waals surface area contributed by atoms with Crippen molar-refractivity contribution in [2.45, 2.75) is 12.8 Å². The van der Waals surface area contributed by atoms with Gasteiger partial charge in [0.1, 0.15) is 0 Å². The van der Waals surface area contributed by atoms with Crippen LogP contribution in [-0.2, 0) is 11.2 Å². The number of carbonyl (C=O) groups is 1. The molecule has 0 aliphatic carbocycles. The first-order valence-corrected chi connectivity index (χ1v) is 5.76. The van der Waals surface area contributed by atoms with Crippen LogP contribution in [0.25, 0.3) is 0 Å². The predicted octanol–water partition coefficient (Wildman–Crippen LogP) is 2.24. The van der Waals surface area contributed by atoms with E-state index in [4.69, 9.17) is 14.6 Å². The topological polar surface area (TPSA) is 55.8 Å². The molecule has 1 aliphatic heterocycles. The van der Waals surface area contributed by atoms with E-state index in [1.165, 1.54) is 0 Å². The van der Waals surface area contributed by atoms with Crippen molar-refractivity contribution >= 4 is 21.9 Å². The van der Waals surface area contributed by atoms with Gasteiger partial charge in [0.05, 0.1) is 24.1 Å². The van der Waals surface area contributed by atoms with Crippen LogP contribution in [0.15, 0.2) is 16.6 Å². The van der Waals surface area contributed by atoms with E-state index in [0.717, 1.165) is 10.9 Å². The summed E-state index contributed by atoms with van der Waals surface area (Å²) in [4.78, 5) is 10.7. The molecule has 0 unspecified atom stereocenters. The maximum absolute atomic E-state index is 10.7. The molecule has 0 saturated carbocycles. The van der Waals surface area contributed by atoms with E-state index in [0.29, 0.717) is 30.3 Å². The normalized spacial score (nSPS) is 14.3. The minimum absolute atomic E-state index is 0.0566. The molecule has 0 amide bonds. The molecule has 2 rings (SSSR count). The van der Waals surface area contributed by atoms with Gasteiger partial charge in [-0.3, -0.25) is 4.79 Å². The Kier molecular flexibility index (Phi) is 3.33. The van der Waals surface area contributed by atoms with Crippen LogP contribution in [-0.4, -0.2) is 24.3 Å². The SMILES string of the molecule is O=C(O)Cc1ccc(Br)c2c1OCCCO2. The number of ether oxygens (including phenoxy) is 2. The fourth-order valence-electron chi connectivity index (χ4n) is 1.58. The van der Waals surface area contributed by atoms with Crippen molar-refractivity contribution < 1.29 is 19.4 Å². The van der Waals surface area contributed by atoms with Gasteiger partial charge < -0.3 is 14.6 Å². The fourth-order valence-corrected chi connectivity index (χ4v) is 2.01. The molecule has 1 heterocycles. The summed E-state index contributed by atoms with van der Waals surface area (Å²) in [6.07, 6.45) is 0.743. The van der Waals surface area contributed by atoms with Gasteiger partial charge in [0.25, 0.3) is 0 Å². The van der Waals surface area contributed by atoms with Crippen molar-refractivity contribution in [3.05, 3.63) is 22.2 Å². The highest BCUT2D eigenvalue weighted by Crippen LogP contribution is 2.39. The van der Waals surface area contributed by atoms with Crippen LogP contribution in [0.4, 0.5) is 0 Å². The van der Waals surface area contributed by atoms with Crippen molar-refractivity contribution in [3.63, 3.8) is 0 Å². The third kappa shape index (κ3) is 2.29. The largest absolute Gasteiger partial charge is 0.489 e. The molecule has 16 heavy (non-hydrogen) atoms. The molecule has 0 atom stereocenters. The Bertz CT molecular complexity index is 417. The third-order valence-electron chi connectivity index (χ3n) is 2.27. The van der Waals surface area contributed by atoms with Crippen LogP contribution in [0.5, 0.6) is 11.5 Å². The van der Waals surface area contributed by atoms with E-state index in [-0.39, 0.29) is 6.42 Å². The van der Waals surface area contributed by atoms with Crippen LogP contribution in [0.1, 0.15) is 12.0 Å². The molecule has 1 N–H and O–H groups in total. The lowest BCUT2D eigenvalue weighted by molar-refractivity contribution is -0.136. The van der Waals surface area contributed by atoms with Crippen LogP contribution >= 0.6 is 15.9 Å². The van der Waals surface area contributed by atoms with Crippen LogP contribution in [0, 0.1) is 0 Å². The number of carboxylic acids is 1. The molecule has 1 aliphatic rings. The van der Waals surface area contributed by atoms with Gasteiger partial charge in [-0.25, -0.2) is 0 Å². The van der Waals surface area contributed by atoms with Crippen molar-refractivity contribution in [2.75, 3.05) is 13.2 Å². The van der Waals surface area contributed by atoms with Crippen molar-refractivity contribution in [2.24, 2.45) is 0 Å². The van der Waals surface area contributed by atoms with E-state index in [9.17, 15) is 4.79 Å². The fraction of sp³-hybridized carbons (Fsp3) is 0.364. The predicted molar refractivity (Wildman–Crippen MR) is 61.1 cm³/mol. The summed E-state index contributed by atoms with van der Waals surface area (Å²) in [7, 11) is 0. The molecule has 86 valence electrons. The van der Waals surface area contributed by atoms with Crippen LogP contribution in [0.3, 0.4) is 0 Å². The van der Waals surface area contributed by atoms with Crippen molar-refractivity contribution in [1.29, 1.82) is 0 Å². The smallest absolute Gasteiger partial charge is 0.307 e. The number of aliphatic carboxylic acids is 1. The summed E-state index contributed by atoms with van der Waals surface area (Å²) in [6.45, 7) is 1.14. The molecule has 0 spiro atoms. The number of halogens is 1. The number of carboxylic acid groups (broad SMARTS) is 1. The molecular formula is C11H11BrO4. The highest BCUT2D eigenvalue weighted by atomic mass is 79.9. The number of benzene rings is 1. The molecule has 0 fully saturated rings. The minimum Gasteiger partial charge on any atom is -0.489 e. The lowest BCUT2D eigenvalue weighted by Crippen LogP contribution is -2.04. The van der Waals surface area contributed by atoms with Crippen LogP contribution < -0.4 is 9.47 Å². The van der Waals surface area contributed by atoms with E-state index in [1.807, 2.05) is 0 Å². The second kappa shape index (κ2) is 4.74. The zero-order valence-electron chi connectivity index (χ0n) is 8.53. The Hall–Kier alpha value is -1.23. The van der Waals surface area contributed by atoms with Gasteiger partial charge in [0.2, 0.25) is 0 Å².